The van der Waals surface area contributed by atoms with Crippen molar-refractivity contribution in [3.63, 3.8) is 0 Å². The Kier molecular flexibility index (Phi) is 5.91. The zero-order valence-electron chi connectivity index (χ0n) is 12.9. The van der Waals surface area contributed by atoms with E-state index in [0.29, 0.717) is 5.56 Å². The number of hydrogen-bond donors (Lipinski definition) is 2. The minimum absolute atomic E-state index is 0.00412. The van der Waals surface area contributed by atoms with Crippen LogP contribution in [0.2, 0.25) is 0 Å². The van der Waals surface area contributed by atoms with Gasteiger partial charge in [0, 0.05) is 29.6 Å². The Bertz CT molecular complexity index is 472. The fourth-order valence-electron chi connectivity index (χ4n) is 2.84. The maximum Gasteiger partial charge on any atom is 0.251 e. The first kappa shape index (κ1) is 16.1. The summed E-state index contributed by atoms with van der Waals surface area (Å²) in [4.78, 5) is 16.5. The molecule has 1 saturated carbocycles. The third-order valence-electron chi connectivity index (χ3n) is 4.15. The van der Waals surface area contributed by atoms with E-state index in [-0.39, 0.29) is 10.7 Å². The molecule has 2 N–H and O–H groups in total. The van der Waals surface area contributed by atoms with E-state index in [2.05, 4.69) is 21.9 Å². The van der Waals surface area contributed by atoms with E-state index < -0.39 is 0 Å². The molecule has 1 aliphatic carbocycles. The third kappa shape index (κ3) is 4.37. The van der Waals surface area contributed by atoms with Gasteiger partial charge in [0.2, 0.25) is 0 Å². The summed E-state index contributed by atoms with van der Waals surface area (Å²) in [6.45, 7) is 3.57. The number of pyridine rings is 1. The SMILES string of the molecule is CCNc1cc(C(=O)NCC2(SC)CCCCC2)ccn1. The van der Waals surface area contributed by atoms with Crippen molar-refractivity contribution in [3.05, 3.63) is 23.9 Å². The van der Waals surface area contributed by atoms with Gasteiger partial charge in [-0.25, -0.2) is 4.98 Å². The number of anilines is 1. The highest BCUT2D eigenvalue weighted by molar-refractivity contribution is 8.00. The molecule has 1 heterocycles. The van der Waals surface area contributed by atoms with Gasteiger partial charge in [-0.1, -0.05) is 19.3 Å². The fourth-order valence-corrected chi connectivity index (χ4v) is 3.76. The van der Waals surface area contributed by atoms with E-state index in [1.807, 2.05) is 24.8 Å². The Morgan fingerprint density at radius 2 is 2.14 bits per heavy atom. The average molecular weight is 307 g/mol. The molecule has 0 radical (unpaired) electrons. The van der Waals surface area contributed by atoms with E-state index in [1.165, 1.54) is 32.1 Å². The number of carbonyl (C=O) groups is 1. The summed E-state index contributed by atoms with van der Waals surface area (Å²) in [5.74, 6) is 0.748. The lowest BCUT2D eigenvalue weighted by atomic mass is 9.88. The second kappa shape index (κ2) is 7.69. The molecule has 4 nitrogen and oxygen atoms in total. The van der Waals surface area contributed by atoms with Crippen molar-refractivity contribution in [2.45, 2.75) is 43.8 Å². The Balaban J connectivity index is 1.96. The number of aromatic nitrogens is 1. The highest BCUT2D eigenvalue weighted by atomic mass is 32.2. The Morgan fingerprint density at radius 1 is 1.38 bits per heavy atom. The predicted molar refractivity (Wildman–Crippen MR) is 90.1 cm³/mol. The van der Waals surface area contributed by atoms with Gasteiger partial charge in [0.1, 0.15) is 5.82 Å². The Hall–Kier alpha value is -1.23. The van der Waals surface area contributed by atoms with Crippen molar-refractivity contribution in [1.29, 1.82) is 0 Å². The molecule has 1 amide bonds. The summed E-state index contributed by atoms with van der Waals surface area (Å²) in [5.41, 5.74) is 0.674. The van der Waals surface area contributed by atoms with Gasteiger partial charge in [-0.2, -0.15) is 11.8 Å². The van der Waals surface area contributed by atoms with Crippen molar-refractivity contribution in [3.8, 4) is 0 Å². The molecule has 116 valence electrons. The van der Waals surface area contributed by atoms with Gasteiger partial charge in [-0.15, -0.1) is 0 Å². The highest BCUT2D eigenvalue weighted by Crippen LogP contribution is 2.37. The first-order valence-corrected chi connectivity index (χ1v) is 8.95. The van der Waals surface area contributed by atoms with E-state index in [0.717, 1.165) is 18.9 Å². The van der Waals surface area contributed by atoms with Crippen LogP contribution in [0.25, 0.3) is 0 Å². The molecule has 0 aliphatic heterocycles. The fraction of sp³-hybridized carbons (Fsp3) is 0.625. The summed E-state index contributed by atoms with van der Waals surface area (Å²) in [7, 11) is 0. The summed E-state index contributed by atoms with van der Waals surface area (Å²) < 4.78 is 0.228. The highest BCUT2D eigenvalue weighted by Gasteiger charge is 2.31. The number of rotatable bonds is 6. The van der Waals surface area contributed by atoms with Gasteiger partial charge in [-0.3, -0.25) is 4.79 Å². The quantitative estimate of drug-likeness (QED) is 0.846. The normalized spacial score (nSPS) is 17.2. The minimum Gasteiger partial charge on any atom is -0.370 e. The van der Waals surface area contributed by atoms with Crippen LogP contribution in [0, 0.1) is 0 Å². The lowest BCUT2D eigenvalue weighted by Crippen LogP contribution is -2.41. The molecule has 0 bridgehead atoms. The number of nitrogens with one attached hydrogen (secondary N) is 2. The Morgan fingerprint density at radius 3 is 2.81 bits per heavy atom. The molecule has 2 rings (SSSR count). The van der Waals surface area contributed by atoms with Crippen LogP contribution in [0.5, 0.6) is 0 Å². The minimum atomic E-state index is -0.00412. The monoisotopic (exact) mass is 307 g/mol. The maximum absolute atomic E-state index is 12.3. The van der Waals surface area contributed by atoms with Crippen LogP contribution in [0.3, 0.4) is 0 Å². The molecule has 1 aromatic rings. The van der Waals surface area contributed by atoms with E-state index >= 15 is 0 Å². The molecular formula is C16H25N3OS. The molecule has 0 spiro atoms. The van der Waals surface area contributed by atoms with Crippen molar-refractivity contribution in [2.75, 3.05) is 24.7 Å². The lowest BCUT2D eigenvalue weighted by Gasteiger charge is -2.35. The predicted octanol–water partition coefficient (Wildman–Crippen LogP) is 3.31. The molecule has 1 fully saturated rings. The van der Waals surface area contributed by atoms with Gasteiger partial charge in [-0.05, 0) is 38.2 Å². The molecule has 21 heavy (non-hydrogen) atoms. The van der Waals surface area contributed by atoms with Gasteiger partial charge in [0.25, 0.3) is 5.91 Å². The van der Waals surface area contributed by atoms with Crippen molar-refractivity contribution >= 4 is 23.5 Å². The smallest absolute Gasteiger partial charge is 0.251 e. The molecule has 0 saturated heterocycles. The van der Waals surface area contributed by atoms with Crippen LogP contribution in [-0.4, -0.2) is 35.0 Å². The van der Waals surface area contributed by atoms with Crippen LogP contribution in [0.4, 0.5) is 5.82 Å². The zero-order valence-corrected chi connectivity index (χ0v) is 13.8. The molecule has 0 unspecified atom stereocenters. The van der Waals surface area contributed by atoms with Crippen LogP contribution in [-0.2, 0) is 0 Å². The number of amides is 1. The van der Waals surface area contributed by atoms with Crippen LogP contribution >= 0.6 is 11.8 Å². The summed E-state index contributed by atoms with van der Waals surface area (Å²) in [5, 5.41) is 6.25. The van der Waals surface area contributed by atoms with Gasteiger partial charge in [0.05, 0.1) is 0 Å². The lowest BCUT2D eigenvalue weighted by molar-refractivity contribution is 0.0947. The van der Waals surface area contributed by atoms with Crippen LogP contribution in [0.1, 0.15) is 49.4 Å². The first-order chi connectivity index (χ1) is 10.2. The summed E-state index contributed by atoms with van der Waals surface area (Å²) in [6, 6.07) is 3.58. The van der Waals surface area contributed by atoms with Crippen LogP contribution in [0.15, 0.2) is 18.3 Å². The average Bonchev–Trinajstić information content (AvgIpc) is 2.54. The third-order valence-corrected chi connectivity index (χ3v) is 5.57. The molecular weight excluding hydrogens is 282 g/mol. The number of thioether (sulfide) groups is 1. The summed E-state index contributed by atoms with van der Waals surface area (Å²) in [6.07, 6.45) is 10.1. The second-order valence-electron chi connectivity index (χ2n) is 5.59. The zero-order chi connectivity index (χ0) is 15.1. The van der Waals surface area contributed by atoms with E-state index in [1.54, 1.807) is 12.3 Å². The second-order valence-corrected chi connectivity index (χ2v) is 6.86. The maximum atomic E-state index is 12.3. The molecule has 0 atom stereocenters. The van der Waals surface area contributed by atoms with Crippen LogP contribution < -0.4 is 10.6 Å². The van der Waals surface area contributed by atoms with E-state index in [9.17, 15) is 4.79 Å². The van der Waals surface area contributed by atoms with Crippen molar-refractivity contribution in [2.24, 2.45) is 0 Å². The summed E-state index contributed by atoms with van der Waals surface area (Å²) >= 11 is 1.90. The van der Waals surface area contributed by atoms with Crippen molar-refractivity contribution in [1.82, 2.24) is 10.3 Å². The molecule has 1 aliphatic rings. The topological polar surface area (TPSA) is 54.0 Å². The van der Waals surface area contributed by atoms with Gasteiger partial charge in [0.15, 0.2) is 0 Å². The molecule has 1 aromatic heterocycles. The van der Waals surface area contributed by atoms with Crippen molar-refractivity contribution < 1.29 is 4.79 Å². The van der Waals surface area contributed by atoms with E-state index in [4.69, 9.17) is 0 Å². The number of nitrogens with zero attached hydrogens (tertiary/aromatic N) is 1. The Labute approximate surface area is 131 Å². The number of carbonyl (C=O) groups excluding carboxylic acids is 1. The first-order valence-electron chi connectivity index (χ1n) is 7.72. The molecule has 0 aromatic carbocycles. The van der Waals surface area contributed by atoms with Gasteiger partial charge < -0.3 is 10.6 Å². The molecule has 5 heteroatoms. The van der Waals surface area contributed by atoms with Gasteiger partial charge >= 0.3 is 0 Å². The standard InChI is InChI=1S/C16H25N3OS/c1-3-17-14-11-13(7-10-18-14)15(20)19-12-16(21-2)8-5-4-6-9-16/h7,10-11H,3-6,8-9,12H2,1-2H3,(H,17,18)(H,19,20). The largest absolute Gasteiger partial charge is 0.370 e. The number of hydrogen-bond acceptors (Lipinski definition) is 4.